The van der Waals surface area contributed by atoms with Crippen molar-refractivity contribution in [2.75, 3.05) is 0 Å². The number of nitrogens with zero attached hydrogens (tertiary/aromatic N) is 2. The molecule has 1 aliphatic carbocycles. The molecular weight excluding hydrogens is 231 g/mol. The van der Waals surface area contributed by atoms with Crippen molar-refractivity contribution >= 4 is 0 Å². The molecule has 1 aromatic heterocycles. The molecule has 1 aliphatic rings. The second kappa shape index (κ2) is 4.05. The van der Waals surface area contributed by atoms with E-state index in [2.05, 4.69) is 5.10 Å². The Morgan fingerprint density at radius 3 is 2.56 bits per heavy atom. The minimum atomic E-state index is -0.299. The second-order valence-corrected chi connectivity index (χ2v) is 4.68. The van der Waals surface area contributed by atoms with Crippen molar-refractivity contribution in [1.29, 1.82) is 0 Å². The summed E-state index contributed by atoms with van der Waals surface area (Å²) < 4.78 is 14.8. The molecule has 0 N–H and O–H groups in total. The quantitative estimate of drug-likeness (QED) is 0.814. The number of hydrogen-bond acceptors (Lipinski definition) is 2. The largest absolute Gasteiger partial charge is 0.287 e. The molecule has 18 heavy (non-hydrogen) atoms. The first-order valence-corrected chi connectivity index (χ1v) is 6.01. The molecule has 0 spiro atoms. The van der Waals surface area contributed by atoms with E-state index in [1.807, 2.05) is 4.68 Å². The van der Waals surface area contributed by atoms with Crippen molar-refractivity contribution in [3.05, 3.63) is 52.2 Å². The van der Waals surface area contributed by atoms with Crippen LogP contribution in [0.4, 0.5) is 4.39 Å². The van der Waals surface area contributed by atoms with E-state index in [0.29, 0.717) is 17.3 Å². The number of aryl methyl sites for hydroxylation is 1. The first-order chi connectivity index (χ1) is 8.65. The normalized spacial score (nSPS) is 14.8. The molecule has 4 heteroatoms. The van der Waals surface area contributed by atoms with Gasteiger partial charge in [0.1, 0.15) is 11.5 Å². The summed E-state index contributed by atoms with van der Waals surface area (Å²) >= 11 is 0. The van der Waals surface area contributed by atoms with Crippen LogP contribution in [0.3, 0.4) is 0 Å². The highest BCUT2D eigenvalue weighted by atomic mass is 19.1. The Hall–Kier alpha value is -1.97. The van der Waals surface area contributed by atoms with Gasteiger partial charge in [0, 0.05) is 11.8 Å². The summed E-state index contributed by atoms with van der Waals surface area (Å²) in [6.07, 6.45) is 4.00. The molecule has 0 radical (unpaired) electrons. The zero-order valence-corrected chi connectivity index (χ0v) is 10.1. The molecular formula is C14H13FN2O. The predicted molar refractivity (Wildman–Crippen MR) is 66.9 cm³/mol. The minimum absolute atomic E-state index is 0.0847. The smallest absolute Gasteiger partial charge is 0.210 e. The highest BCUT2D eigenvalue weighted by molar-refractivity contribution is 5.62. The third-order valence-electron chi connectivity index (χ3n) is 3.18. The number of halogens is 1. The van der Waals surface area contributed by atoms with Gasteiger partial charge in [-0.1, -0.05) is 12.1 Å². The number of rotatable bonds is 2. The van der Waals surface area contributed by atoms with Gasteiger partial charge >= 0.3 is 0 Å². The van der Waals surface area contributed by atoms with E-state index in [4.69, 9.17) is 0 Å². The van der Waals surface area contributed by atoms with Crippen LogP contribution in [0, 0.1) is 12.7 Å². The Morgan fingerprint density at radius 2 is 1.94 bits per heavy atom. The molecule has 92 valence electrons. The van der Waals surface area contributed by atoms with Gasteiger partial charge in [-0.2, -0.15) is 5.10 Å². The van der Waals surface area contributed by atoms with Gasteiger partial charge < -0.3 is 0 Å². The molecule has 1 saturated carbocycles. The summed E-state index contributed by atoms with van der Waals surface area (Å²) in [4.78, 5) is 12.1. The van der Waals surface area contributed by atoms with Gasteiger partial charge in [0.25, 0.3) is 0 Å². The van der Waals surface area contributed by atoms with Crippen LogP contribution in [-0.4, -0.2) is 9.78 Å². The number of benzene rings is 1. The molecule has 0 unspecified atom stereocenters. The molecule has 0 aliphatic heterocycles. The predicted octanol–water partition coefficient (Wildman–Crippen LogP) is 2.69. The van der Waals surface area contributed by atoms with E-state index in [0.717, 1.165) is 18.4 Å². The van der Waals surface area contributed by atoms with Crippen molar-refractivity contribution in [3.63, 3.8) is 0 Å². The van der Waals surface area contributed by atoms with E-state index >= 15 is 0 Å². The third-order valence-corrected chi connectivity index (χ3v) is 3.18. The maximum atomic E-state index is 12.9. The van der Waals surface area contributed by atoms with Crippen LogP contribution in [0.2, 0.25) is 0 Å². The average molecular weight is 244 g/mol. The summed E-state index contributed by atoms with van der Waals surface area (Å²) in [6, 6.07) is 6.41. The molecule has 1 aromatic carbocycles. The summed E-state index contributed by atoms with van der Waals surface area (Å²) in [7, 11) is 0. The summed E-state index contributed by atoms with van der Waals surface area (Å²) in [5.41, 5.74) is 1.73. The summed E-state index contributed by atoms with van der Waals surface area (Å²) in [6.45, 7) is 1.72. The van der Waals surface area contributed by atoms with Crippen LogP contribution in [0.1, 0.15) is 24.6 Å². The van der Waals surface area contributed by atoms with Crippen molar-refractivity contribution in [2.24, 2.45) is 0 Å². The first-order valence-electron chi connectivity index (χ1n) is 6.01. The van der Waals surface area contributed by atoms with Gasteiger partial charge in [-0.3, -0.25) is 9.48 Å². The lowest BCUT2D eigenvalue weighted by Gasteiger charge is -2.08. The monoisotopic (exact) mass is 244 g/mol. The lowest BCUT2D eigenvalue weighted by Crippen LogP contribution is -2.16. The molecule has 1 heterocycles. The lowest BCUT2D eigenvalue weighted by molar-refractivity contribution is 0.611. The van der Waals surface area contributed by atoms with Crippen molar-refractivity contribution < 1.29 is 4.39 Å². The minimum Gasteiger partial charge on any atom is -0.287 e. The molecule has 0 amide bonds. The van der Waals surface area contributed by atoms with Crippen molar-refractivity contribution in [3.8, 4) is 11.1 Å². The van der Waals surface area contributed by atoms with E-state index < -0.39 is 0 Å². The highest BCUT2D eigenvalue weighted by Gasteiger charge is 2.25. The molecule has 3 nitrogen and oxygen atoms in total. The van der Waals surface area contributed by atoms with Crippen LogP contribution in [-0.2, 0) is 0 Å². The topological polar surface area (TPSA) is 34.9 Å². The molecule has 0 atom stereocenters. The van der Waals surface area contributed by atoms with Gasteiger partial charge in [-0.05, 0) is 37.5 Å². The van der Waals surface area contributed by atoms with E-state index in [9.17, 15) is 9.18 Å². The van der Waals surface area contributed by atoms with Crippen LogP contribution in [0.15, 0.2) is 35.3 Å². The van der Waals surface area contributed by atoms with Gasteiger partial charge in [0.15, 0.2) is 0 Å². The first kappa shape index (κ1) is 11.1. The van der Waals surface area contributed by atoms with Gasteiger partial charge in [-0.25, -0.2) is 4.39 Å². The zero-order chi connectivity index (χ0) is 12.7. The van der Waals surface area contributed by atoms with Gasteiger partial charge in [0.2, 0.25) is 5.43 Å². The zero-order valence-electron chi connectivity index (χ0n) is 10.1. The Labute approximate surface area is 104 Å². The Bertz CT molecular complexity index is 642. The van der Waals surface area contributed by atoms with Crippen LogP contribution < -0.4 is 5.43 Å². The Morgan fingerprint density at radius 1 is 1.28 bits per heavy atom. The van der Waals surface area contributed by atoms with Crippen LogP contribution >= 0.6 is 0 Å². The molecule has 0 saturated heterocycles. The number of aromatic nitrogens is 2. The number of hydrogen-bond donors (Lipinski definition) is 0. The van der Waals surface area contributed by atoms with Crippen LogP contribution in [0.25, 0.3) is 11.1 Å². The molecule has 0 bridgehead atoms. The average Bonchev–Trinajstić information content (AvgIpc) is 3.18. The van der Waals surface area contributed by atoms with Crippen LogP contribution in [0.5, 0.6) is 0 Å². The Balaban J connectivity index is 2.15. The fraction of sp³-hybridized carbons (Fsp3) is 0.286. The summed E-state index contributed by atoms with van der Waals surface area (Å²) in [5, 5.41) is 4.27. The molecule has 2 aromatic rings. The van der Waals surface area contributed by atoms with E-state index in [-0.39, 0.29) is 11.2 Å². The summed E-state index contributed by atoms with van der Waals surface area (Å²) in [5.74, 6) is -0.299. The third kappa shape index (κ3) is 1.94. The lowest BCUT2D eigenvalue weighted by atomic mass is 10.1. The van der Waals surface area contributed by atoms with E-state index in [1.165, 1.54) is 12.1 Å². The van der Waals surface area contributed by atoms with Crippen molar-refractivity contribution in [1.82, 2.24) is 9.78 Å². The maximum Gasteiger partial charge on any atom is 0.210 e. The SMILES string of the molecule is Cc1nn(C2CC2)cc(-c2ccc(F)cc2)c1=O. The molecule has 1 fully saturated rings. The standard InChI is InChI=1S/C14H13FN2O/c1-9-14(18)13(8-17(16-9)12-6-7-12)10-2-4-11(15)5-3-10/h2-5,8,12H,6-7H2,1H3. The van der Waals surface area contributed by atoms with Gasteiger partial charge in [-0.15, -0.1) is 0 Å². The fourth-order valence-electron chi connectivity index (χ4n) is 1.99. The molecule has 3 rings (SSSR count). The van der Waals surface area contributed by atoms with E-state index in [1.54, 1.807) is 25.3 Å². The Kier molecular flexibility index (Phi) is 2.51. The fourth-order valence-corrected chi connectivity index (χ4v) is 1.99. The van der Waals surface area contributed by atoms with Gasteiger partial charge in [0.05, 0.1) is 6.04 Å². The maximum absolute atomic E-state index is 12.9. The van der Waals surface area contributed by atoms with Crippen molar-refractivity contribution in [2.45, 2.75) is 25.8 Å². The second-order valence-electron chi connectivity index (χ2n) is 4.68. The highest BCUT2D eigenvalue weighted by Crippen LogP contribution is 2.34.